The van der Waals surface area contributed by atoms with Gasteiger partial charge in [-0.25, -0.2) is 0 Å². The monoisotopic (exact) mass is 178 g/mol. The van der Waals surface area contributed by atoms with E-state index in [-0.39, 0.29) is 5.97 Å². The van der Waals surface area contributed by atoms with Crippen LogP contribution in [0.3, 0.4) is 0 Å². The van der Waals surface area contributed by atoms with Crippen LogP contribution >= 0.6 is 12.6 Å². The summed E-state index contributed by atoms with van der Waals surface area (Å²) >= 11 is 3.90. The Labute approximate surface area is 72.5 Å². The molecule has 0 aromatic carbocycles. The van der Waals surface area contributed by atoms with Crippen LogP contribution in [-0.4, -0.2) is 32.0 Å². The summed E-state index contributed by atoms with van der Waals surface area (Å²) in [7, 11) is 1.62. The molecule has 0 fully saturated rings. The highest BCUT2D eigenvalue weighted by atomic mass is 32.1. The van der Waals surface area contributed by atoms with Crippen molar-refractivity contribution in [2.45, 2.75) is 12.8 Å². The first-order valence-corrected chi connectivity index (χ1v) is 4.20. The summed E-state index contributed by atoms with van der Waals surface area (Å²) in [6, 6.07) is 0. The molecule has 0 atom stereocenters. The molecule has 0 bridgehead atoms. The summed E-state index contributed by atoms with van der Waals surface area (Å²) in [5.74, 6) is 0.361. The van der Waals surface area contributed by atoms with Crippen molar-refractivity contribution in [3.05, 3.63) is 0 Å². The maximum absolute atomic E-state index is 10.7. The summed E-state index contributed by atoms with van der Waals surface area (Å²) in [6.45, 7) is 1.08. The van der Waals surface area contributed by atoms with Crippen LogP contribution in [0.2, 0.25) is 0 Å². The minimum absolute atomic E-state index is 0.184. The normalized spacial score (nSPS) is 9.64. The van der Waals surface area contributed by atoms with Crippen molar-refractivity contribution >= 4 is 18.6 Å². The highest BCUT2D eigenvalue weighted by molar-refractivity contribution is 7.80. The summed E-state index contributed by atoms with van der Waals surface area (Å²) < 4.78 is 9.59. The zero-order valence-electron chi connectivity index (χ0n) is 6.71. The van der Waals surface area contributed by atoms with E-state index in [2.05, 4.69) is 12.6 Å². The van der Waals surface area contributed by atoms with Crippen molar-refractivity contribution in [2.75, 3.05) is 26.1 Å². The van der Waals surface area contributed by atoms with Gasteiger partial charge >= 0.3 is 5.97 Å². The van der Waals surface area contributed by atoms with Gasteiger partial charge in [-0.05, 0) is 0 Å². The average Bonchev–Trinajstić information content (AvgIpc) is 1.99. The van der Waals surface area contributed by atoms with Crippen LogP contribution in [0.4, 0.5) is 0 Å². The number of thiol groups is 1. The van der Waals surface area contributed by atoms with E-state index in [1.54, 1.807) is 7.11 Å². The van der Waals surface area contributed by atoms with Gasteiger partial charge in [0.05, 0.1) is 13.0 Å². The summed E-state index contributed by atoms with van der Waals surface area (Å²) in [6.07, 6.45) is 1.14. The minimum Gasteiger partial charge on any atom is -0.466 e. The number of hydrogen-bond donors (Lipinski definition) is 1. The maximum atomic E-state index is 10.7. The summed E-state index contributed by atoms with van der Waals surface area (Å²) in [4.78, 5) is 10.7. The zero-order chi connectivity index (χ0) is 8.53. The van der Waals surface area contributed by atoms with Gasteiger partial charge in [0.15, 0.2) is 0 Å². The maximum Gasteiger partial charge on any atom is 0.306 e. The molecule has 0 amide bonds. The van der Waals surface area contributed by atoms with Crippen molar-refractivity contribution in [1.82, 2.24) is 0 Å². The fraction of sp³-hybridized carbons (Fsp3) is 0.857. The molecule has 0 spiro atoms. The Morgan fingerprint density at radius 3 is 2.73 bits per heavy atom. The van der Waals surface area contributed by atoms with Crippen molar-refractivity contribution in [3.8, 4) is 0 Å². The van der Waals surface area contributed by atoms with Gasteiger partial charge in [0.1, 0.15) is 0 Å². The largest absolute Gasteiger partial charge is 0.466 e. The molecule has 0 heterocycles. The molecule has 0 N–H and O–H groups in total. The molecule has 0 aromatic rings. The van der Waals surface area contributed by atoms with Crippen molar-refractivity contribution < 1.29 is 14.3 Å². The Morgan fingerprint density at radius 2 is 2.18 bits per heavy atom. The van der Waals surface area contributed by atoms with E-state index >= 15 is 0 Å². The lowest BCUT2D eigenvalue weighted by Gasteiger charge is -2.01. The third-order valence-corrected chi connectivity index (χ3v) is 1.30. The Morgan fingerprint density at radius 1 is 1.45 bits per heavy atom. The summed E-state index contributed by atoms with van der Waals surface area (Å²) in [5.41, 5.74) is 0. The van der Waals surface area contributed by atoms with E-state index in [1.807, 2.05) is 0 Å². The van der Waals surface area contributed by atoms with Crippen LogP contribution in [0, 0.1) is 0 Å². The molecule has 0 rings (SSSR count). The lowest BCUT2D eigenvalue weighted by molar-refractivity contribution is -0.143. The molecular weight excluding hydrogens is 164 g/mol. The molecule has 0 saturated carbocycles. The third-order valence-electron chi connectivity index (χ3n) is 1.07. The third kappa shape index (κ3) is 7.68. The first kappa shape index (κ1) is 10.8. The molecule has 11 heavy (non-hydrogen) atoms. The molecule has 0 aromatic heterocycles. The first-order chi connectivity index (χ1) is 5.31. The number of ether oxygens (including phenoxy) is 2. The highest BCUT2D eigenvalue weighted by Crippen LogP contribution is 1.90. The van der Waals surface area contributed by atoms with Gasteiger partial charge < -0.3 is 9.47 Å². The molecule has 0 aliphatic heterocycles. The van der Waals surface area contributed by atoms with E-state index in [0.717, 1.165) is 6.42 Å². The smallest absolute Gasteiger partial charge is 0.306 e. The number of carbonyl (C=O) groups is 1. The second-order valence-corrected chi connectivity index (χ2v) is 2.49. The zero-order valence-corrected chi connectivity index (χ0v) is 7.60. The standard InChI is InChI=1S/C7H14O3S/c1-9-4-2-5-10-7(8)3-6-11/h11H,2-6H2,1H3. The molecule has 0 radical (unpaired) electrons. The Balaban J connectivity index is 3.04. The average molecular weight is 178 g/mol. The van der Waals surface area contributed by atoms with E-state index in [9.17, 15) is 4.79 Å². The Kier molecular flexibility index (Phi) is 7.72. The fourth-order valence-corrected chi connectivity index (χ4v) is 0.735. The number of esters is 1. The van der Waals surface area contributed by atoms with Gasteiger partial charge in [0, 0.05) is 25.9 Å². The Bertz CT molecular complexity index is 106. The lowest BCUT2D eigenvalue weighted by Crippen LogP contribution is -2.07. The second kappa shape index (κ2) is 7.88. The SMILES string of the molecule is COCCCOC(=O)CCS. The number of carbonyl (C=O) groups excluding carboxylic acids is 1. The molecule has 4 heteroatoms. The van der Waals surface area contributed by atoms with Gasteiger partial charge in [-0.15, -0.1) is 0 Å². The fourth-order valence-electron chi connectivity index (χ4n) is 0.553. The lowest BCUT2D eigenvalue weighted by atomic mass is 10.4. The van der Waals surface area contributed by atoms with E-state index in [0.29, 0.717) is 25.4 Å². The van der Waals surface area contributed by atoms with Crippen molar-refractivity contribution in [3.63, 3.8) is 0 Å². The quantitative estimate of drug-likeness (QED) is 0.372. The molecule has 0 saturated heterocycles. The topological polar surface area (TPSA) is 35.5 Å². The van der Waals surface area contributed by atoms with E-state index in [1.165, 1.54) is 0 Å². The van der Waals surface area contributed by atoms with Crippen LogP contribution in [0.5, 0.6) is 0 Å². The number of hydrogen-bond acceptors (Lipinski definition) is 4. The van der Waals surface area contributed by atoms with Crippen LogP contribution in [0.1, 0.15) is 12.8 Å². The van der Waals surface area contributed by atoms with Gasteiger partial charge in [0.25, 0.3) is 0 Å². The van der Waals surface area contributed by atoms with E-state index in [4.69, 9.17) is 9.47 Å². The predicted molar refractivity (Wildman–Crippen MR) is 45.9 cm³/mol. The molecular formula is C7H14O3S. The number of rotatable bonds is 6. The first-order valence-electron chi connectivity index (χ1n) is 3.56. The van der Waals surface area contributed by atoms with Gasteiger partial charge in [0.2, 0.25) is 0 Å². The van der Waals surface area contributed by atoms with Gasteiger partial charge in [-0.2, -0.15) is 12.6 Å². The Hall–Kier alpha value is -0.220. The van der Waals surface area contributed by atoms with E-state index < -0.39 is 0 Å². The van der Waals surface area contributed by atoms with Crippen molar-refractivity contribution in [1.29, 1.82) is 0 Å². The molecule has 3 nitrogen and oxygen atoms in total. The molecule has 0 unspecified atom stereocenters. The summed E-state index contributed by atoms with van der Waals surface area (Å²) in [5, 5.41) is 0. The highest BCUT2D eigenvalue weighted by Gasteiger charge is 1.98. The minimum atomic E-state index is -0.184. The second-order valence-electron chi connectivity index (χ2n) is 2.04. The van der Waals surface area contributed by atoms with Crippen LogP contribution in [-0.2, 0) is 14.3 Å². The molecule has 0 aliphatic rings. The number of methoxy groups -OCH3 is 1. The van der Waals surface area contributed by atoms with Crippen LogP contribution in [0.25, 0.3) is 0 Å². The predicted octanol–water partition coefficient (Wildman–Crippen LogP) is 0.886. The molecule has 0 aliphatic carbocycles. The van der Waals surface area contributed by atoms with Crippen LogP contribution < -0.4 is 0 Å². The molecule has 66 valence electrons. The van der Waals surface area contributed by atoms with Gasteiger partial charge in [-0.1, -0.05) is 0 Å². The van der Waals surface area contributed by atoms with Crippen LogP contribution in [0.15, 0.2) is 0 Å². The van der Waals surface area contributed by atoms with Crippen molar-refractivity contribution in [2.24, 2.45) is 0 Å². The van der Waals surface area contributed by atoms with Gasteiger partial charge in [-0.3, -0.25) is 4.79 Å².